The van der Waals surface area contributed by atoms with E-state index >= 15 is 0 Å². The van der Waals surface area contributed by atoms with Crippen molar-refractivity contribution in [3.8, 4) is 5.75 Å². The maximum absolute atomic E-state index is 11.4. The summed E-state index contributed by atoms with van der Waals surface area (Å²) in [7, 11) is 0. The third-order valence-corrected chi connectivity index (χ3v) is 3.48. The molecule has 19 heavy (non-hydrogen) atoms. The number of hydrogen-bond donors (Lipinski definition) is 1. The molecule has 0 aliphatic carbocycles. The number of carboxylic acids is 1. The Bertz CT molecular complexity index is 592. The number of para-hydroxylation sites is 1. The minimum atomic E-state index is -0.795. The fourth-order valence-corrected chi connectivity index (χ4v) is 2.52. The van der Waals surface area contributed by atoms with E-state index in [0.717, 1.165) is 11.1 Å². The normalized spacial score (nSPS) is 21.3. The molecule has 0 fully saturated rings. The van der Waals surface area contributed by atoms with Gasteiger partial charge in [-0.3, -0.25) is 4.79 Å². The quantitative estimate of drug-likeness (QED) is 0.893. The van der Waals surface area contributed by atoms with Crippen LogP contribution in [0.5, 0.6) is 5.75 Å². The third kappa shape index (κ3) is 2.19. The SMILES string of the molecule is O=C(O)C1CC(c2ccccc2)Oc2ccccc21. The van der Waals surface area contributed by atoms with Crippen molar-refractivity contribution in [1.29, 1.82) is 0 Å². The Balaban J connectivity index is 1.99. The van der Waals surface area contributed by atoms with Crippen LogP contribution in [0.3, 0.4) is 0 Å². The fourth-order valence-electron chi connectivity index (χ4n) is 2.52. The average molecular weight is 254 g/mol. The van der Waals surface area contributed by atoms with E-state index in [1.807, 2.05) is 54.6 Å². The monoisotopic (exact) mass is 254 g/mol. The van der Waals surface area contributed by atoms with Crippen LogP contribution in [0.4, 0.5) is 0 Å². The smallest absolute Gasteiger partial charge is 0.311 e. The molecular formula is C16H14O3. The Morgan fingerprint density at radius 1 is 1.05 bits per heavy atom. The highest BCUT2D eigenvalue weighted by Gasteiger charge is 2.33. The standard InChI is InChI=1S/C16H14O3/c17-16(18)13-10-15(11-6-2-1-3-7-11)19-14-9-5-4-8-12(13)14/h1-9,13,15H,10H2,(H,17,18). The first kappa shape index (κ1) is 11.8. The molecule has 2 atom stereocenters. The van der Waals surface area contributed by atoms with Gasteiger partial charge in [-0.15, -0.1) is 0 Å². The molecule has 2 unspecified atom stereocenters. The Kier molecular flexibility index (Phi) is 2.95. The molecule has 1 heterocycles. The van der Waals surface area contributed by atoms with E-state index in [9.17, 15) is 9.90 Å². The summed E-state index contributed by atoms with van der Waals surface area (Å²) in [5, 5.41) is 9.39. The highest BCUT2D eigenvalue weighted by molar-refractivity contribution is 5.77. The number of carboxylic acid groups (broad SMARTS) is 1. The van der Waals surface area contributed by atoms with Gasteiger partial charge in [-0.05, 0) is 11.6 Å². The average Bonchev–Trinajstić information content (AvgIpc) is 2.47. The summed E-state index contributed by atoms with van der Waals surface area (Å²) >= 11 is 0. The van der Waals surface area contributed by atoms with Crippen molar-refractivity contribution in [2.75, 3.05) is 0 Å². The Morgan fingerprint density at radius 3 is 2.47 bits per heavy atom. The van der Waals surface area contributed by atoms with E-state index in [1.54, 1.807) is 0 Å². The summed E-state index contributed by atoms with van der Waals surface area (Å²) < 4.78 is 5.94. The number of hydrogen-bond acceptors (Lipinski definition) is 2. The zero-order valence-electron chi connectivity index (χ0n) is 10.3. The first-order chi connectivity index (χ1) is 9.25. The van der Waals surface area contributed by atoms with Crippen molar-refractivity contribution in [1.82, 2.24) is 0 Å². The van der Waals surface area contributed by atoms with Crippen LogP contribution in [0.1, 0.15) is 29.6 Å². The van der Waals surface area contributed by atoms with E-state index in [0.29, 0.717) is 12.2 Å². The number of carbonyl (C=O) groups is 1. The molecule has 0 saturated carbocycles. The van der Waals surface area contributed by atoms with Crippen LogP contribution in [0.15, 0.2) is 54.6 Å². The minimum absolute atomic E-state index is 0.197. The van der Waals surface area contributed by atoms with Crippen LogP contribution < -0.4 is 4.74 Å². The Hall–Kier alpha value is -2.29. The van der Waals surface area contributed by atoms with Gasteiger partial charge in [0.1, 0.15) is 11.9 Å². The molecule has 0 radical (unpaired) electrons. The molecule has 3 nitrogen and oxygen atoms in total. The van der Waals surface area contributed by atoms with Gasteiger partial charge in [0.05, 0.1) is 5.92 Å². The van der Waals surface area contributed by atoms with Gasteiger partial charge in [0.2, 0.25) is 0 Å². The number of ether oxygens (including phenoxy) is 1. The maximum atomic E-state index is 11.4. The fraction of sp³-hybridized carbons (Fsp3) is 0.188. The summed E-state index contributed by atoms with van der Waals surface area (Å²) in [6.45, 7) is 0. The molecule has 1 N–H and O–H groups in total. The van der Waals surface area contributed by atoms with E-state index in [2.05, 4.69) is 0 Å². The number of benzene rings is 2. The van der Waals surface area contributed by atoms with Crippen LogP contribution >= 0.6 is 0 Å². The summed E-state index contributed by atoms with van der Waals surface area (Å²) in [6.07, 6.45) is 0.272. The molecule has 3 heteroatoms. The minimum Gasteiger partial charge on any atom is -0.485 e. The molecular weight excluding hydrogens is 240 g/mol. The Morgan fingerprint density at radius 2 is 1.74 bits per heavy atom. The van der Waals surface area contributed by atoms with Crippen molar-refractivity contribution in [3.05, 3.63) is 65.7 Å². The van der Waals surface area contributed by atoms with Crippen LogP contribution in [-0.4, -0.2) is 11.1 Å². The van der Waals surface area contributed by atoms with Gasteiger partial charge in [-0.1, -0.05) is 48.5 Å². The highest BCUT2D eigenvalue weighted by Crippen LogP contribution is 2.41. The van der Waals surface area contributed by atoms with E-state index in [-0.39, 0.29) is 6.10 Å². The van der Waals surface area contributed by atoms with E-state index in [1.165, 1.54) is 0 Å². The van der Waals surface area contributed by atoms with Gasteiger partial charge in [-0.25, -0.2) is 0 Å². The van der Waals surface area contributed by atoms with Crippen molar-refractivity contribution in [3.63, 3.8) is 0 Å². The first-order valence-corrected chi connectivity index (χ1v) is 6.29. The van der Waals surface area contributed by atoms with Gasteiger partial charge in [-0.2, -0.15) is 0 Å². The number of aliphatic carboxylic acids is 1. The summed E-state index contributed by atoms with van der Waals surface area (Å²) in [4.78, 5) is 11.4. The molecule has 3 rings (SSSR count). The van der Waals surface area contributed by atoms with Gasteiger partial charge < -0.3 is 9.84 Å². The summed E-state index contributed by atoms with van der Waals surface area (Å²) in [5.41, 5.74) is 1.78. The van der Waals surface area contributed by atoms with Crippen LogP contribution in [0.2, 0.25) is 0 Å². The largest absolute Gasteiger partial charge is 0.485 e. The van der Waals surface area contributed by atoms with Crippen molar-refractivity contribution < 1.29 is 14.6 Å². The van der Waals surface area contributed by atoms with Crippen LogP contribution in [0, 0.1) is 0 Å². The molecule has 1 aliphatic rings. The van der Waals surface area contributed by atoms with Crippen molar-refractivity contribution >= 4 is 5.97 Å². The van der Waals surface area contributed by atoms with Crippen molar-refractivity contribution in [2.45, 2.75) is 18.4 Å². The lowest BCUT2D eigenvalue weighted by molar-refractivity contribution is -0.140. The predicted octanol–water partition coefficient (Wildman–Crippen LogP) is 3.38. The lowest BCUT2D eigenvalue weighted by Gasteiger charge is -2.30. The molecule has 2 aromatic carbocycles. The molecule has 0 spiro atoms. The molecule has 0 saturated heterocycles. The molecule has 96 valence electrons. The van der Waals surface area contributed by atoms with Crippen molar-refractivity contribution in [2.24, 2.45) is 0 Å². The predicted molar refractivity (Wildman–Crippen MR) is 71.2 cm³/mol. The lowest BCUT2D eigenvalue weighted by Crippen LogP contribution is -2.24. The summed E-state index contributed by atoms with van der Waals surface area (Å²) in [5.74, 6) is -0.623. The molecule has 0 bridgehead atoms. The second-order valence-electron chi connectivity index (χ2n) is 4.68. The lowest BCUT2D eigenvalue weighted by atomic mass is 9.87. The van der Waals surface area contributed by atoms with E-state index in [4.69, 9.17) is 4.74 Å². The third-order valence-electron chi connectivity index (χ3n) is 3.48. The molecule has 1 aliphatic heterocycles. The first-order valence-electron chi connectivity index (χ1n) is 6.29. The molecule has 2 aromatic rings. The maximum Gasteiger partial charge on any atom is 0.311 e. The molecule has 0 aromatic heterocycles. The second-order valence-corrected chi connectivity index (χ2v) is 4.68. The second kappa shape index (κ2) is 4.76. The Labute approximate surface area is 111 Å². The zero-order chi connectivity index (χ0) is 13.2. The van der Waals surface area contributed by atoms with Gasteiger partial charge in [0.25, 0.3) is 0 Å². The van der Waals surface area contributed by atoms with Crippen LogP contribution in [-0.2, 0) is 4.79 Å². The van der Waals surface area contributed by atoms with Crippen LogP contribution in [0.25, 0.3) is 0 Å². The number of rotatable bonds is 2. The number of fused-ring (bicyclic) bond motifs is 1. The summed E-state index contributed by atoms with van der Waals surface area (Å²) in [6, 6.07) is 17.1. The molecule has 0 amide bonds. The van der Waals surface area contributed by atoms with Gasteiger partial charge in [0.15, 0.2) is 0 Å². The topological polar surface area (TPSA) is 46.5 Å². The highest BCUT2D eigenvalue weighted by atomic mass is 16.5. The van der Waals surface area contributed by atoms with Gasteiger partial charge in [0, 0.05) is 12.0 Å². The zero-order valence-corrected chi connectivity index (χ0v) is 10.3. The van der Waals surface area contributed by atoms with Gasteiger partial charge >= 0.3 is 5.97 Å². The van der Waals surface area contributed by atoms with E-state index < -0.39 is 11.9 Å².